The Labute approximate surface area is 175 Å². The minimum atomic E-state index is -0.0777. The van der Waals surface area contributed by atoms with E-state index in [0.29, 0.717) is 35.2 Å². The fraction of sp³-hybridized carbons (Fsp3) is 0.167. The normalized spacial score (nSPS) is 10.6. The van der Waals surface area contributed by atoms with E-state index < -0.39 is 0 Å². The van der Waals surface area contributed by atoms with Crippen molar-refractivity contribution in [1.29, 1.82) is 0 Å². The molecule has 1 heterocycles. The first-order valence-corrected chi connectivity index (χ1v) is 10.5. The molecule has 0 unspecified atom stereocenters. The number of nitrogens with one attached hydrogen (secondary N) is 1. The van der Waals surface area contributed by atoms with E-state index in [0.717, 1.165) is 14.9 Å². The summed E-state index contributed by atoms with van der Waals surface area (Å²) in [5.41, 5.74) is 2.43. The number of ether oxygens (including phenoxy) is 1. The minimum absolute atomic E-state index is 0.0777. The monoisotopic (exact) mass is 439 g/mol. The molecule has 1 aromatic heterocycles. The zero-order valence-corrected chi connectivity index (χ0v) is 17.2. The molecule has 9 heteroatoms. The summed E-state index contributed by atoms with van der Waals surface area (Å²) in [6, 6.07) is 12.7. The number of hydrogen-bond acceptors (Lipinski definition) is 6. The van der Waals surface area contributed by atoms with Gasteiger partial charge in [-0.3, -0.25) is 4.79 Å². The third-order valence-corrected chi connectivity index (χ3v) is 5.78. The van der Waals surface area contributed by atoms with Gasteiger partial charge in [0.2, 0.25) is 5.91 Å². The molecule has 0 fully saturated rings. The summed E-state index contributed by atoms with van der Waals surface area (Å²) < 4.78 is 6.42. The Kier molecular flexibility index (Phi) is 7.34. The Balaban J connectivity index is 1.48. The molecule has 0 spiro atoms. The van der Waals surface area contributed by atoms with E-state index in [9.17, 15) is 4.79 Å². The minimum Gasteiger partial charge on any atom is -0.492 e. The van der Waals surface area contributed by atoms with Gasteiger partial charge in [-0.05, 0) is 36.8 Å². The van der Waals surface area contributed by atoms with E-state index in [1.807, 2.05) is 24.3 Å². The van der Waals surface area contributed by atoms with Gasteiger partial charge in [-0.25, -0.2) is 0 Å². The van der Waals surface area contributed by atoms with Crippen LogP contribution in [0.4, 0.5) is 5.69 Å². The van der Waals surface area contributed by atoms with E-state index >= 15 is 0 Å². The second-order valence-corrected chi connectivity index (χ2v) is 8.34. The van der Waals surface area contributed by atoms with Gasteiger partial charge in [-0.15, -0.1) is 10.2 Å². The molecular formula is C18H15Cl2N3O2S2. The van der Waals surface area contributed by atoms with Crippen molar-refractivity contribution >= 4 is 57.9 Å². The van der Waals surface area contributed by atoms with Crippen molar-refractivity contribution in [3.05, 3.63) is 58.0 Å². The number of aromatic nitrogens is 2. The van der Waals surface area contributed by atoms with Gasteiger partial charge in [0, 0.05) is 16.3 Å². The quantitative estimate of drug-likeness (QED) is 0.449. The van der Waals surface area contributed by atoms with Crippen molar-refractivity contribution in [1.82, 2.24) is 10.2 Å². The lowest BCUT2D eigenvalue weighted by atomic mass is 10.2. The molecule has 0 saturated heterocycles. The molecule has 0 bridgehead atoms. The lowest BCUT2D eigenvalue weighted by Crippen LogP contribution is -2.13. The Morgan fingerprint density at radius 3 is 2.85 bits per heavy atom. The van der Waals surface area contributed by atoms with Crippen LogP contribution in [0.5, 0.6) is 5.75 Å². The predicted octanol–water partition coefficient (Wildman–Crippen LogP) is 5.79. The van der Waals surface area contributed by atoms with Crippen molar-refractivity contribution < 1.29 is 9.53 Å². The molecule has 1 amide bonds. The molecule has 0 aliphatic carbocycles. The van der Waals surface area contributed by atoms with Crippen LogP contribution >= 0.6 is 46.3 Å². The molecule has 5 nitrogen and oxygen atoms in total. The van der Waals surface area contributed by atoms with E-state index in [1.54, 1.807) is 23.7 Å². The number of rotatable bonds is 8. The van der Waals surface area contributed by atoms with Gasteiger partial charge >= 0.3 is 0 Å². The molecule has 140 valence electrons. The number of benzene rings is 2. The number of halogens is 2. The molecule has 3 rings (SSSR count). The maximum Gasteiger partial charge on any atom is 0.224 e. The third kappa shape index (κ3) is 6.10. The average molecular weight is 440 g/mol. The highest BCUT2D eigenvalue weighted by Crippen LogP contribution is 2.34. The fourth-order valence-corrected chi connectivity index (χ4v) is 4.16. The first-order valence-electron chi connectivity index (χ1n) is 8.02. The van der Waals surface area contributed by atoms with Crippen molar-refractivity contribution in [2.75, 3.05) is 11.9 Å². The van der Waals surface area contributed by atoms with Crippen LogP contribution in [0.1, 0.15) is 12.8 Å². The lowest BCUT2D eigenvalue weighted by molar-refractivity contribution is -0.116. The van der Waals surface area contributed by atoms with Crippen LogP contribution in [0, 0.1) is 0 Å². The highest BCUT2D eigenvalue weighted by atomic mass is 35.5. The van der Waals surface area contributed by atoms with E-state index in [4.69, 9.17) is 27.9 Å². The third-order valence-electron chi connectivity index (χ3n) is 3.40. The summed E-state index contributed by atoms with van der Waals surface area (Å²) in [5.74, 6) is 0.478. The van der Waals surface area contributed by atoms with Gasteiger partial charge in [-0.1, -0.05) is 58.4 Å². The van der Waals surface area contributed by atoms with Gasteiger partial charge in [0.1, 0.15) is 11.3 Å². The van der Waals surface area contributed by atoms with Gasteiger partial charge in [0.15, 0.2) is 4.34 Å². The van der Waals surface area contributed by atoms with Crippen molar-refractivity contribution in [3.63, 3.8) is 0 Å². The van der Waals surface area contributed by atoms with Crippen LogP contribution in [0.2, 0.25) is 10.0 Å². The van der Waals surface area contributed by atoms with Crippen LogP contribution in [-0.2, 0) is 4.79 Å². The number of nitrogens with zero attached hydrogens (tertiary/aromatic N) is 2. The molecule has 1 N–H and O–H groups in total. The summed E-state index contributed by atoms with van der Waals surface area (Å²) in [5, 5.41) is 11.8. The zero-order valence-electron chi connectivity index (χ0n) is 14.0. The Morgan fingerprint density at radius 1 is 1.22 bits per heavy atom. The summed E-state index contributed by atoms with van der Waals surface area (Å²) in [7, 11) is 0. The number of para-hydroxylation sites is 1. The molecule has 0 radical (unpaired) electrons. The second kappa shape index (κ2) is 9.94. The van der Waals surface area contributed by atoms with Gasteiger partial charge in [0.05, 0.1) is 17.3 Å². The molecule has 2 aromatic carbocycles. The standard InChI is InChI=1S/C18H15Cl2N3O2S2/c19-12-7-8-15(13(20)10-12)25-9-3-6-17(24)22-14-4-1-2-5-16(14)27-18-23-21-11-26-18/h1-2,4-5,7-8,10-11H,3,6,9H2,(H,22,24). The number of amides is 1. The number of hydrogen-bond donors (Lipinski definition) is 1. The number of carbonyl (C=O) groups is 1. The molecule has 0 saturated carbocycles. The summed E-state index contributed by atoms with van der Waals surface area (Å²) in [6.07, 6.45) is 0.902. The summed E-state index contributed by atoms with van der Waals surface area (Å²) in [6.45, 7) is 0.385. The number of anilines is 1. The lowest BCUT2D eigenvalue weighted by Gasteiger charge is -2.10. The van der Waals surface area contributed by atoms with Gasteiger partial charge in [-0.2, -0.15) is 0 Å². The van der Waals surface area contributed by atoms with Crippen LogP contribution in [0.3, 0.4) is 0 Å². The first-order chi connectivity index (χ1) is 13.1. The maximum atomic E-state index is 12.2. The molecule has 3 aromatic rings. The van der Waals surface area contributed by atoms with Crippen molar-refractivity contribution in [2.24, 2.45) is 0 Å². The van der Waals surface area contributed by atoms with Crippen molar-refractivity contribution in [2.45, 2.75) is 22.1 Å². The smallest absolute Gasteiger partial charge is 0.224 e. The largest absolute Gasteiger partial charge is 0.492 e. The van der Waals surface area contributed by atoms with Crippen LogP contribution in [0.15, 0.2) is 57.2 Å². The van der Waals surface area contributed by atoms with Crippen LogP contribution in [0.25, 0.3) is 0 Å². The van der Waals surface area contributed by atoms with Crippen LogP contribution in [-0.4, -0.2) is 22.7 Å². The SMILES string of the molecule is O=C(CCCOc1ccc(Cl)cc1Cl)Nc1ccccc1Sc1nncs1. The average Bonchev–Trinajstić information content (AvgIpc) is 3.15. The summed E-state index contributed by atoms with van der Waals surface area (Å²) >= 11 is 14.8. The zero-order chi connectivity index (χ0) is 19.1. The second-order valence-electron chi connectivity index (χ2n) is 5.38. The Morgan fingerprint density at radius 2 is 2.07 bits per heavy atom. The number of carbonyl (C=O) groups excluding carboxylic acids is 1. The van der Waals surface area contributed by atoms with Gasteiger partial charge in [0.25, 0.3) is 0 Å². The van der Waals surface area contributed by atoms with E-state index in [-0.39, 0.29) is 5.91 Å². The summed E-state index contributed by atoms with van der Waals surface area (Å²) in [4.78, 5) is 13.2. The highest BCUT2D eigenvalue weighted by Gasteiger charge is 2.10. The van der Waals surface area contributed by atoms with E-state index in [2.05, 4.69) is 15.5 Å². The molecular weight excluding hydrogens is 425 g/mol. The maximum absolute atomic E-state index is 12.2. The first kappa shape index (κ1) is 19.9. The predicted molar refractivity (Wildman–Crippen MR) is 110 cm³/mol. The fourth-order valence-electron chi connectivity index (χ4n) is 2.18. The van der Waals surface area contributed by atoms with Crippen molar-refractivity contribution in [3.8, 4) is 5.75 Å². The van der Waals surface area contributed by atoms with E-state index in [1.165, 1.54) is 23.1 Å². The molecule has 0 atom stereocenters. The molecule has 27 heavy (non-hydrogen) atoms. The Hall–Kier alpha value is -1.80. The molecule has 0 aliphatic heterocycles. The van der Waals surface area contributed by atoms with Crippen LogP contribution < -0.4 is 10.1 Å². The topological polar surface area (TPSA) is 64.1 Å². The van der Waals surface area contributed by atoms with Gasteiger partial charge < -0.3 is 10.1 Å². The Bertz CT molecular complexity index is 907. The molecule has 0 aliphatic rings. The highest BCUT2D eigenvalue weighted by molar-refractivity contribution is 8.01.